The quantitative estimate of drug-likeness (QED) is 0.616. The van der Waals surface area contributed by atoms with E-state index in [0.29, 0.717) is 38.6 Å². The molecule has 1 heterocycles. The molecule has 160 valence electrons. The zero-order valence-corrected chi connectivity index (χ0v) is 16.9. The number of rotatable bonds is 9. The highest BCUT2D eigenvalue weighted by molar-refractivity contribution is 5.76. The first kappa shape index (κ1) is 22.6. The smallest absolute Gasteiger partial charge is 0.317 e. The Morgan fingerprint density at radius 3 is 2.45 bits per heavy atom. The minimum absolute atomic E-state index is 0.0199. The van der Waals surface area contributed by atoms with Gasteiger partial charge in [0.1, 0.15) is 5.82 Å². The topological polar surface area (TPSA) is 87.7 Å². The van der Waals surface area contributed by atoms with E-state index in [1.165, 1.54) is 12.1 Å². The number of amides is 3. The van der Waals surface area contributed by atoms with E-state index in [1.54, 1.807) is 24.0 Å². The molecule has 1 fully saturated rings. The lowest BCUT2D eigenvalue weighted by Crippen LogP contribution is -2.45. The molecule has 0 aromatic heterocycles. The normalized spacial score (nSPS) is 14.3. The second-order valence-electron chi connectivity index (χ2n) is 7.16. The zero-order chi connectivity index (χ0) is 21.1. The monoisotopic (exact) mass is 407 g/mol. The number of halogens is 1. The molecule has 0 unspecified atom stereocenters. The highest BCUT2D eigenvalue weighted by Gasteiger charge is 2.23. The summed E-state index contributed by atoms with van der Waals surface area (Å²) in [6, 6.07) is 5.90. The molecule has 1 aliphatic rings. The van der Waals surface area contributed by atoms with Gasteiger partial charge < -0.3 is 20.3 Å². The van der Waals surface area contributed by atoms with Crippen molar-refractivity contribution in [1.82, 2.24) is 15.5 Å². The summed E-state index contributed by atoms with van der Waals surface area (Å²) in [6.45, 7) is 4.04. The number of esters is 1. The van der Waals surface area contributed by atoms with Crippen molar-refractivity contribution >= 4 is 17.9 Å². The molecular weight excluding hydrogens is 377 g/mol. The Morgan fingerprint density at radius 1 is 1.10 bits per heavy atom. The van der Waals surface area contributed by atoms with E-state index >= 15 is 0 Å². The largest absolute Gasteiger partial charge is 0.466 e. The van der Waals surface area contributed by atoms with Gasteiger partial charge in [-0.15, -0.1) is 0 Å². The van der Waals surface area contributed by atoms with Gasteiger partial charge in [0.2, 0.25) is 5.91 Å². The van der Waals surface area contributed by atoms with E-state index in [-0.39, 0.29) is 36.7 Å². The molecule has 1 saturated heterocycles. The lowest BCUT2D eigenvalue weighted by atomic mass is 9.92. The fraction of sp³-hybridized carbons (Fsp3) is 0.571. The molecule has 0 aliphatic carbocycles. The van der Waals surface area contributed by atoms with E-state index in [4.69, 9.17) is 4.74 Å². The summed E-state index contributed by atoms with van der Waals surface area (Å²) in [5.41, 5.74) is 0.863. The van der Waals surface area contributed by atoms with Gasteiger partial charge in [-0.25, -0.2) is 9.18 Å². The second-order valence-corrected chi connectivity index (χ2v) is 7.16. The van der Waals surface area contributed by atoms with E-state index in [2.05, 4.69) is 10.6 Å². The van der Waals surface area contributed by atoms with Gasteiger partial charge in [0, 0.05) is 32.6 Å². The number of carbonyl (C=O) groups excluding carboxylic acids is 3. The summed E-state index contributed by atoms with van der Waals surface area (Å²) in [5, 5.41) is 5.59. The van der Waals surface area contributed by atoms with Gasteiger partial charge in [0.15, 0.2) is 0 Å². The van der Waals surface area contributed by atoms with E-state index in [1.807, 2.05) is 0 Å². The molecule has 29 heavy (non-hydrogen) atoms. The number of likely N-dealkylation sites (tertiary alicyclic amines) is 1. The molecule has 0 saturated carbocycles. The van der Waals surface area contributed by atoms with Crippen LogP contribution in [0.4, 0.5) is 9.18 Å². The number of benzene rings is 1. The van der Waals surface area contributed by atoms with Gasteiger partial charge in [0.25, 0.3) is 0 Å². The fourth-order valence-corrected chi connectivity index (χ4v) is 3.27. The standard InChI is InChI=1S/C21H30FN3O4/c1-2-29-20(27)9-12-23-21(28)25-13-10-16(11-14-25)5-8-19(26)24-15-17-3-6-18(22)7-4-17/h3-4,6-7,16H,2,5,8-15H2,1H3,(H,23,28)(H,24,26). The third kappa shape index (κ3) is 8.50. The van der Waals surface area contributed by atoms with E-state index in [0.717, 1.165) is 24.8 Å². The Bertz CT molecular complexity index is 673. The van der Waals surface area contributed by atoms with Crippen molar-refractivity contribution < 1.29 is 23.5 Å². The average molecular weight is 407 g/mol. The van der Waals surface area contributed by atoms with Crippen LogP contribution < -0.4 is 10.6 Å². The maximum Gasteiger partial charge on any atom is 0.317 e. The highest BCUT2D eigenvalue weighted by Crippen LogP contribution is 2.21. The van der Waals surface area contributed by atoms with Crippen LogP contribution >= 0.6 is 0 Å². The van der Waals surface area contributed by atoms with Gasteiger partial charge in [-0.05, 0) is 49.8 Å². The minimum Gasteiger partial charge on any atom is -0.466 e. The molecule has 2 N–H and O–H groups in total. The summed E-state index contributed by atoms with van der Waals surface area (Å²) in [7, 11) is 0. The van der Waals surface area contributed by atoms with Crippen LogP contribution in [0.5, 0.6) is 0 Å². The number of carbonyl (C=O) groups is 3. The SMILES string of the molecule is CCOC(=O)CCNC(=O)N1CCC(CCC(=O)NCc2ccc(F)cc2)CC1. The fourth-order valence-electron chi connectivity index (χ4n) is 3.27. The number of piperidine rings is 1. The minimum atomic E-state index is -0.316. The number of hydrogen-bond donors (Lipinski definition) is 2. The Kier molecular flexibility index (Phi) is 9.40. The summed E-state index contributed by atoms with van der Waals surface area (Å²) in [6.07, 6.45) is 3.11. The van der Waals surface area contributed by atoms with Crippen molar-refractivity contribution in [2.45, 2.75) is 45.6 Å². The molecule has 1 aromatic rings. The molecule has 0 bridgehead atoms. The van der Waals surface area contributed by atoms with Gasteiger partial charge >= 0.3 is 12.0 Å². The van der Waals surface area contributed by atoms with Crippen LogP contribution in [0.25, 0.3) is 0 Å². The van der Waals surface area contributed by atoms with Crippen LogP contribution in [-0.2, 0) is 20.9 Å². The molecule has 0 radical (unpaired) electrons. The summed E-state index contributed by atoms with van der Waals surface area (Å²) < 4.78 is 17.7. The average Bonchev–Trinajstić information content (AvgIpc) is 2.72. The molecular formula is C21H30FN3O4. The number of ether oxygens (including phenoxy) is 1. The zero-order valence-electron chi connectivity index (χ0n) is 16.9. The molecule has 1 aliphatic heterocycles. The Balaban J connectivity index is 1.57. The predicted octanol–water partition coefficient (Wildman–Crippen LogP) is 2.60. The Hall–Kier alpha value is -2.64. The molecule has 7 nitrogen and oxygen atoms in total. The van der Waals surface area contributed by atoms with Crippen molar-refractivity contribution in [2.24, 2.45) is 5.92 Å². The van der Waals surface area contributed by atoms with E-state index in [9.17, 15) is 18.8 Å². The molecule has 3 amide bonds. The molecule has 0 spiro atoms. The van der Waals surface area contributed by atoms with Crippen molar-refractivity contribution in [3.8, 4) is 0 Å². The van der Waals surface area contributed by atoms with Crippen molar-refractivity contribution in [3.05, 3.63) is 35.6 Å². The molecule has 1 aromatic carbocycles. The lowest BCUT2D eigenvalue weighted by molar-refractivity contribution is -0.142. The van der Waals surface area contributed by atoms with Crippen LogP contribution in [0.2, 0.25) is 0 Å². The molecule has 2 rings (SSSR count). The third-order valence-electron chi connectivity index (χ3n) is 5.00. The molecule has 8 heteroatoms. The number of urea groups is 1. The first-order valence-corrected chi connectivity index (χ1v) is 10.2. The maximum absolute atomic E-state index is 12.9. The predicted molar refractivity (Wildman–Crippen MR) is 106 cm³/mol. The second kappa shape index (κ2) is 12.0. The first-order valence-electron chi connectivity index (χ1n) is 10.2. The van der Waals surface area contributed by atoms with Crippen molar-refractivity contribution in [2.75, 3.05) is 26.2 Å². The number of hydrogen-bond acceptors (Lipinski definition) is 4. The van der Waals surface area contributed by atoms with Crippen molar-refractivity contribution in [1.29, 1.82) is 0 Å². The van der Waals surface area contributed by atoms with Gasteiger partial charge in [-0.2, -0.15) is 0 Å². The first-order chi connectivity index (χ1) is 14.0. The van der Waals surface area contributed by atoms with Gasteiger partial charge in [-0.3, -0.25) is 9.59 Å². The maximum atomic E-state index is 12.9. The third-order valence-corrected chi connectivity index (χ3v) is 5.00. The van der Waals surface area contributed by atoms with E-state index < -0.39 is 0 Å². The Labute approximate surface area is 171 Å². The lowest BCUT2D eigenvalue weighted by Gasteiger charge is -2.32. The van der Waals surface area contributed by atoms with Crippen LogP contribution in [0.1, 0.15) is 44.6 Å². The van der Waals surface area contributed by atoms with Crippen LogP contribution in [0.15, 0.2) is 24.3 Å². The van der Waals surface area contributed by atoms with Crippen molar-refractivity contribution in [3.63, 3.8) is 0 Å². The van der Waals surface area contributed by atoms with Crippen LogP contribution in [0.3, 0.4) is 0 Å². The van der Waals surface area contributed by atoms with Crippen LogP contribution in [-0.4, -0.2) is 49.0 Å². The summed E-state index contributed by atoms with van der Waals surface area (Å²) in [5.74, 6) is -0.216. The van der Waals surface area contributed by atoms with Gasteiger partial charge in [-0.1, -0.05) is 12.1 Å². The van der Waals surface area contributed by atoms with Gasteiger partial charge in [0.05, 0.1) is 13.0 Å². The summed E-state index contributed by atoms with van der Waals surface area (Å²) in [4.78, 5) is 37.2. The highest BCUT2D eigenvalue weighted by atomic mass is 19.1. The molecule has 0 atom stereocenters. The Morgan fingerprint density at radius 2 is 1.79 bits per heavy atom. The van der Waals surface area contributed by atoms with Crippen LogP contribution in [0, 0.1) is 11.7 Å². The summed E-state index contributed by atoms with van der Waals surface area (Å²) >= 11 is 0. The number of nitrogens with one attached hydrogen (secondary N) is 2. The number of nitrogens with zero attached hydrogens (tertiary/aromatic N) is 1.